The van der Waals surface area contributed by atoms with Crippen molar-refractivity contribution < 1.29 is 0 Å². The van der Waals surface area contributed by atoms with Gasteiger partial charge in [0, 0.05) is 38.8 Å². The van der Waals surface area contributed by atoms with Crippen molar-refractivity contribution in [3.05, 3.63) is 194 Å². The fourth-order valence-electron chi connectivity index (χ4n) is 7.06. The summed E-state index contributed by atoms with van der Waals surface area (Å²) >= 11 is 0. The van der Waals surface area contributed by atoms with Gasteiger partial charge in [0.1, 0.15) is 6.07 Å². The molecule has 0 atom stereocenters. The zero-order chi connectivity index (χ0) is 34.9. The highest BCUT2D eigenvalue weighted by Gasteiger charge is 2.23. The van der Waals surface area contributed by atoms with Crippen molar-refractivity contribution in [1.29, 1.82) is 5.26 Å². The quantitative estimate of drug-likeness (QED) is 0.170. The van der Waals surface area contributed by atoms with Crippen molar-refractivity contribution >= 4 is 38.9 Å². The van der Waals surface area contributed by atoms with E-state index in [1.165, 1.54) is 0 Å². The van der Waals surface area contributed by atoms with Gasteiger partial charge in [-0.2, -0.15) is 5.26 Å². The maximum absolute atomic E-state index is 10.8. The zero-order valence-corrected chi connectivity index (χ0v) is 28.1. The maximum Gasteiger partial charge on any atom is 0.160 e. The monoisotopic (exact) mass is 665 g/mol. The third-order valence-corrected chi connectivity index (χ3v) is 9.42. The first-order valence-electron chi connectivity index (χ1n) is 17.2. The molecule has 0 amide bonds. The highest BCUT2D eigenvalue weighted by Crippen LogP contribution is 2.43. The van der Waals surface area contributed by atoms with Crippen molar-refractivity contribution in [3.63, 3.8) is 0 Å². The van der Waals surface area contributed by atoms with Crippen LogP contribution in [0.2, 0.25) is 0 Å². The number of rotatable bonds is 7. The van der Waals surface area contributed by atoms with Gasteiger partial charge in [0.25, 0.3) is 0 Å². The Morgan fingerprint density at radius 2 is 1.02 bits per heavy atom. The molecule has 0 spiro atoms. The highest BCUT2D eigenvalue weighted by atomic mass is 15.2. The summed E-state index contributed by atoms with van der Waals surface area (Å²) < 4.78 is 2.23. The van der Waals surface area contributed by atoms with E-state index in [9.17, 15) is 5.26 Å². The second-order valence-corrected chi connectivity index (χ2v) is 12.6. The second kappa shape index (κ2) is 13.2. The van der Waals surface area contributed by atoms with E-state index in [1.807, 2.05) is 72.8 Å². The van der Waals surface area contributed by atoms with Gasteiger partial charge in [-0.05, 0) is 60.7 Å². The average molecular weight is 666 g/mol. The molecule has 244 valence electrons. The summed E-state index contributed by atoms with van der Waals surface area (Å²) in [5.74, 6) is 0.561. The first-order valence-corrected chi connectivity index (χ1v) is 17.2. The molecule has 52 heavy (non-hydrogen) atoms. The fourth-order valence-corrected chi connectivity index (χ4v) is 7.06. The molecule has 9 aromatic rings. The molecule has 0 fully saturated rings. The predicted molar refractivity (Wildman–Crippen MR) is 212 cm³/mol. The van der Waals surface area contributed by atoms with E-state index < -0.39 is 0 Å². The van der Waals surface area contributed by atoms with Crippen LogP contribution >= 0.6 is 0 Å². The molecule has 0 saturated heterocycles. The van der Waals surface area contributed by atoms with Crippen LogP contribution in [0, 0.1) is 11.3 Å². The molecule has 2 heterocycles. The van der Waals surface area contributed by atoms with Crippen LogP contribution in [0.15, 0.2) is 188 Å². The Labute approximate surface area is 302 Å². The van der Waals surface area contributed by atoms with Crippen LogP contribution in [0.3, 0.4) is 0 Å². The first kappa shape index (κ1) is 30.7. The van der Waals surface area contributed by atoms with Crippen molar-refractivity contribution in [2.75, 3.05) is 4.90 Å². The molecule has 0 aliphatic rings. The average Bonchev–Trinajstić information content (AvgIpc) is 3.57. The molecule has 9 rings (SSSR count). The van der Waals surface area contributed by atoms with E-state index in [0.29, 0.717) is 11.4 Å². The van der Waals surface area contributed by atoms with Crippen LogP contribution in [0.5, 0.6) is 0 Å². The number of nitrogens with zero attached hydrogens (tertiary/aromatic N) is 5. The SMILES string of the molecule is N#Cc1cc(-c2nc(-c3ccccc3)cc(-c3ccccc3)n2)ccc1-n1c2ccccc2c2cccc(N(c3ccccc3)c3ccccc3)c21. The summed E-state index contributed by atoms with van der Waals surface area (Å²) in [4.78, 5) is 12.4. The van der Waals surface area contributed by atoms with E-state index in [4.69, 9.17) is 9.97 Å². The number of para-hydroxylation sites is 4. The molecule has 0 aliphatic carbocycles. The van der Waals surface area contributed by atoms with Gasteiger partial charge in [-0.25, -0.2) is 9.97 Å². The van der Waals surface area contributed by atoms with Gasteiger partial charge >= 0.3 is 0 Å². The summed E-state index contributed by atoms with van der Waals surface area (Å²) in [5.41, 5.74) is 10.8. The Bertz CT molecular complexity index is 2640. The van der Waals surface area contributed by atoms with Crippen LogP contribution < -0.4 is 4.90 Å². The number of anilines is 3. The molecule has 0 radical (unpaired) electrons. The van der Waals surface area contributed by atoms with Crippen LogP contribution in [0.1, 0.15) is 5.56 Å². The Morgan fingerprint density at radius 3 is 1.62 bits per heavy atom. The normalized spacial score (nSPS) is 11.1. The number of hydrogen-bond acceptors (Lipinski definition) is 4. The first-order chi connectivity index (χ1) is 25.8. The third-order valence-electron chi connectivity index (χ3n) is 9.42. The van der Waals surface area contributed by atoms with Crippen molar-refractivity contribution in [2.45, 2.75) is 0 Å². The minimum atomic E-state index is 0.524. The summed E-state index contributed by atoms with van der Waals surface area (Å²) in [6.07, 6.45) is 0. The largest absolute Gasteiger partial charge is 0.308 e. The summed E-state index contributed by atoms with van der Waals surface area (Å²) in [6.45, 7) is 0. The molecule has 0 aliphatic heterocycles. The van der Waals surface area contributed by atoms with Crippen molar-refractivity contribution in [3.8, 4) is 45.7 Å². The van der Waals surface area contributed by atoms with Gasteiger partial charge in [0.2, 0.25) is 0 Å². The Balaban J connectivity index is 1.27. The van der Waals surface area contributed by atoms with Crippen LogP contribution in [0.25, 0.3) is 61.4 Å². The predicted octanol–water partition coefficient (Wildman–Crippen LogP) is 11.9. The third kappa shape index (κ3) is 5.45. The van der Waals surface area contributed by atoms with Crippen LogP contribution in [-0.2, 0) is 0 Å². The number of hydrogen-bond donors (Lipinski definition) is 0. The standard InChI is InChI=1S/C47H31N5/c48-32-36-30-35(47-49-41(33-16-5-1-6-17-33)31-42(50-47)34-18-7-2-8-19-34)28-29-43(36)52-44-26-14-13-24-39(44)40-25-15-27-45(46(40)52)51(37-20-9-3-10-21-37)38-22-11-4-12-23-38/h1-31H. The molecule has 0 bridgehead atoms. The number of fused-ring (bicyclic) bond motifs is 3. The van der Waals surface area contributed by atoms with E-state index in [1.54, 1.807) is 0 Å². The highest BCUT2D eigenvalue weighted by molar-refractivity contribution is 6.14. The van der Waals surface area contributed by atoms with Crippen molar-refractivity contribution in [2.24, 2.45) is 0 Å². The van der Waals surface area contributed by atoms with Gasteiger partial charge < -0.3 is 9.47 Å². The maximum atomic E-state index is 10.8. The zero-order valence-electron chi connectivity index (χ0n) is 28.1. The lowest BCUT2D eigenvalue weighted by Crippen LogP contribution is -2.11. The minimum Gasteiger partial charge on any atom is -0.308 e. The summed E-state index contributed by atoms with van der Waals surface area (Å²) in [6, 6.07) is 66.5. The molecule has 0 saturated carbocycles. The molecule has 7 aromatic carbocycles. The van der Waals surface area contributed by atoms with Gasteiger partial charge in [-0.3, -0.25) is 0 Å². The summed E-state index contributed by atoms with van der Waals surface area (Å²) in [7, 11) is 0. The second-order valence-electron chi connectivity index (χ2n) is 12.6. The lowest BCUT2D eigenvalue weighted by atomic mass is 10.0. The fraction of sp³-hybridized carbons (Fsp3) is 0. The van der Waals surface area contributed by atoms with Gasteiger partial charge in [-0.15, -0.1) is 0 Å². The smallest absolute Gasteiger partial charge is 0.160 e. The summed E-state index contributed by atoms with van der Waals surface area (Å²) in [5, 5.41) is 13.0. The number of benzene rings is 7. The molecule has 2 aromatic heterocycles. The van der Waals surface area contributed by atoms with Crippen LogP contribution in [0.4, 0.5) is 17.1 Å². The molecule has 0 unspecified atom stereocenters. The van der Waals surface area contributed by atoms with Gasteiger partial charge in [0.15, 0.2) is 5.82 Å². The molecule has 0 N–H and O–H groups in total. The van der Waals surface area contributed by atoms with E-state index in [0.717, 1.165) is 72.6 Å². The molecule has 5 heteroatoms. The van der Waals surface area contributed by atoms with E-state index in [2.05, 4.69) is 131 Å². The molecular formula is C47H31N5. The van der Waals surface area contributed by atoms with Gasteiger partial charge in [0.05, 0.1) is 39.4 Å². The number of nitriles is 1. The lowest BCUT2D eigenvalue weighted by Gasteiger charge is -2.27. The Hall–Kier alpha value is -7.29. The van der Waals surface area contributed by atoms with Crippen LogP contribution in [-0.4, -0.2) is 14.5 Å². The van der Waals surface area contributed by atoms with Gasteiger partial charge in [-0.1, -0.05) is 127 Å². The van der Waals surface area contributed by atoms with Crippen molar-refractivity contribution in [1.82, 2.24) is 14.5 Å². The molecular weight excluding hydrogens is 635 g/mol. The minimum absolute atomic E-state index is 0.524. The number of aromatic nitrogens is 3. The van der Waals surface area contributed by atoms with E-state index in [-0.39, 0.29) is 0 Å². The lowest BCUT2D eigenvalue weighted by molar-refractivity contribution is 1.15. The Kier molecular flexibility index (Phi) is 7.81. The topological polar surface area (TPSA) is 57.7 Å². The van der Waals surface area contributed by atoms with E-state index >= 15 is 0 Å². The Morgan fingerprint density at radius 1 is 0.481 bits per heavy atom. The molecule has 5 nitrogen and oxygen atoms in total.